The summed E-state index contributed by atoms with van der Waals surface area (Å²) in [7, 11) is 0. The van der Waals surface area contributed by atoms with Crippen LogP contribution in [0.2, 0.25) is 0 Å². The van der Waals surface area contributed by atoms with Crippen LogP contribution in [0.3, 0.4) is 0 Å². The Kier molecular flexibility index (Phi) is 15.3. The van der Waals surface area contributed by atoms with Gasteiger partial charge in [0, 0.05) is 29.5 Å². The zero-order valence-electron chi connectivity index (χ0n) is 39.0. The molecule has 0 aliphatic carbocycles. The SMILES string of the molecule is C=CC1=C(C)C2=CC3=NC(=C4C(=O)OC(=O)C5=C(C)C(=CC6=NC(=CC1=N2)C(C)=C6CC)N=C54)[C@@H](CCC(=O)OCC=C(C)CCC[C@H](C)CCC[C@H](C)CCCC(C)C)[C@@H]3C. The first-order valence-corrected chi connectivity index (χ1v) is 23.2. The number of cyclic esters (lactones) is 2. The molecule has 6 aliphatic rings. The maximum absolute atomic E-state index is 13.8. The van der Waals surface area contributed by atoms with Crippen molar-refractivity contribution < 1.29 is 23.9 Å². The van der Waals surface area contributed by atoms with Crippen LogP contribution in [0.5, 0.6) is 0 Å². The van der Waals surface area contributed by atoms with E-state index in [0.29, 0.717) is 35.0 Å². The summed E-state index contributed by atoms with van der Waals surface area (Å²) < 4.78 is 11.1. The molecule has 4 atom stereocenters. The van der Waals surface area contributed by atoms with Crippen LogP contribution in [-0.4, -0.2) is 47.4 Å². The molecule has 0 aromatic carbocycles. The van der Waals surface area contributed by atoms with E-state index in [0.717, 1.165) is 76.2 Å². The third kappa shape index (κ3) is 10.4. The average Bonchev–Trinajstić information content (AvgIpc) is 3.89. The lowest BCUT2D eigenvalue weighted by Gasteiger charge is -2.22. The highest BCUT2D eigenvalue weighted by molar-refractivity contribution is 6.42. The van der Waals surface area contributed by atoms with Crippen LogP contribution in [0.4, 0.5) is 0 Å². The van der Waals surface area contributed by atoms with E-state index in [4.69, 9.17) is 29.4 Å². The largest absolute Gasteiger partial charge is 0.461 e. The summed E-state index contributed by atoms with van der Waals surface area (Å²) in [6.45, 7) is 25.8. The number of carbonyl (C=O) groups is 3. The van der Waals surface area contributed by atoms with Crippen LogP contribution in [0.25, 0.3) is 0 Å². The van der Waals surface area contributed by atoms with E-state index in [2.05, 4.69) is 55.0 Å². The molecule has 9 heteroatoms. The molecule has 0 spiro atoms. The van der Waals surface area contributed by atoms with Crippen LogP contribution >= 0.6 is 0 Å². The first-order valence-electron chi connectivity index (χ1n) is 23.2. The minimum Gasteiger partial charge on any atom is -0.461 e. The summed E-state index contributed by atoms with van der Waals surface area (Å²) in [4.78, 5) is 60.6. The van der Waals surface area contributed by atoms with E-state index in [1.54, 1.807) is 0 Å². The van der Waals surface area contributed by atoms with Gasteiger partial charge in [0.1, 0.15) is 12.2 Å². The first-order chi connectivity index (χ1) is 29.6. The second-order valence-electron chi connectivity index (χ2n) is 18.7. The van der Waals surface area contributed by atoms with Crippen molar-refractivity contribution in [1.82, 2.24) is 0 Å². The summed E-state index contributed by atoms with van der Waals surface area (Å²) in [5, 5.41) is 0. The molecule has 0 aromatic rings. The molecule has 1 fully saturated rings. The smallest absolute Gasteiger partial charge is 0.350 e. The Bertz CT molecular complexity index is 2280. The molecular formula is C53H68N4O5. The lowest BCUT2D eigenvalue weighted by Crippen LogP contribution is -2.32. The van der Waals surface area contributed by atoms with Crippen LogP contribution in [0.15, 0.2) is 124 Å². The Morgan fingerprint density at radius 2 is 1.40 bits per heavy atom. The molecule has 0 amide bonds. The van der Waals surface area contributed by atoms with Crippen molar-refractivity contribution in [1.29, 1.82) is 0 Å². The molecule has 0 N–H and O–H groups in total. The van der Waals surface area contributed by atoms with Crippen molar-refractivity contribution in [2.75, 3.05) is 6.61 Å². The highest BCUT2D eigenvalue weighted by atomic mass is 16.6. The Hall–Kier alpha value is -5.05. The number of hydrogen-bond acceptors (Lipinski definition) is 9. The molecule has 330 valence electrons. The van der Waals surface area contributed by atoms with Crippen LogP contribution < -0.4 is 0 Å². The van der Waals surface area contributed by atoms with E-state index in [1.165, 1.54) is 50.5 Å². The highest BCUT2D eigenvalue weighted by Crippen LogP contribution is 2.43. The van der Waals surface area contributed by atoms with Gasteiger partial charge in [-0.15, -0.1) is 0 Å². The van der Waals surface area contributed by atoms with Gasteiger partial charge in [0.2, 0.25) is 0 Å². The number of fused-ring (bicyclic) bond motifs is 4. The Morgan fingerprint density at radius 3 is 2.08 bits per heavy atom. The normalized spacial score (nSPS) is 22.1. The molecule has 1 saturated heterocycles. The zero-order valence-corrected chi connectivity index (χ0v) is 39.0. The summed E-state index contributed by atoms with van der Waals surface area (Å²) in [5.41, 5.74) is 11.2. The van der Waals surface area contributed by atoms with Crippen molar-refractivity contribution >= 4 is 40.8 Å². The van der Waals surface area contributed by atoms with Gasteiger partial charge in [-0.2, -0.15) is 0 Å². The van der Waals surface area contributed by atoms with Gasteiger partial charge in [-0.25, -0.2) is 24.6 Å². The Balaban J connectivity index is 1.16. The third-order valence-electron chi connectivity index (χ3n) is 13.5. The monoisotopic (exact) mass is 841 g/mol. The fourth-order valence-corrected chi connectivity index (χ4v) is 9.48. The lowest BCUT2D eigenvalue weighted by molar-refractivity contribution is -0.154. The van der Waals surface area contributed by atoms with Gasteiger partial charge in [-0.1, -0.05) is 105 Å². The van der Waals surface area contributed by atoms with Gasteiger partial charge in [0.15, 0.2) is 0 Å². The predicted octanol–water partition coefficient (Wildman–Crippen LogP) is 12.3. The lowest BCUT2D eigenvalue weighted by atomic mass is 9.83. The zero-order chi connectivity index (χ0) is 44.8. The number of esters is 3. The Labute approximate surface area is 370 Å². The molecule has 6 heterocycles. The molecule has 0 saturated carbocycles. The van der Waals surface area contributed by atoms with Crippen LogP contribution in [0.1, 0.15) is 146 Å². The maximum Gasteiger partial charge on any atom is 0.350 e. The highest BCUT2D eigenvalue weighted by Gasteiger charge is 2.45. The van der Waals surface area contributed by atoms with Crippen molar-refractivity contribution in [3.63, 3.8) is 0 Å². The van der Waals surface area contributed by atoms with E-state index in [9.17, 15) is 14.4 Å². The van der Waals surface area contributed by atoms with E-state index < -0.39 is 11.9 Å². The summed E-state index contributed by atoms with van der Waals surface area (Å²) >= 11 is 0. The topological polar surface area (TPSA) is 119 Å². The molecular weight excluding hydrogens is 773 g/mol. The van der Waals surface area contributed by atoms with E-state index in [1.807, 2.05) is 51.2 Å². The van der Waals surface area contributed by atoms with Crippen molar-refractivity contribution in [3.8, 4) is 0 Å². The molecule has 6 aliphatic heterocycles. The molecule has 62 heavy (non-hydrogen) atoms. The molecule has 6 rings (SSSR count). The number of nitrogens with zero attached hydrogens (tertiary/aromatic N) is 4. The predicted molar refractivity (Wildman–Crippen MR) is 252 cm³/mol. The van der Waals surface area contributed by atoms with Crippen LogP contribution in [0, 0.1) is 29.6 Å². The Morgan fingerprint density at radius 1 is 0.790 bits per heavy atom. The molecule has 0 unspecified atom stereocenters. The van der Waals surface area contributed by atoms with Gasteiger partial charge < -0.3 is 9.47 Å². The summed E-state index contributed by atoms with van der Waals surface area (Å²) in [6, 6.07) is 0. The summed E-state index contributed by atoms with van der Waals surface area (Å²) in [6.07, 6.45) is 22.2. The second kappa shape index (κ2) is 20.4. The number of allylic oxidation sites excluding steroid dienone is 11. The molecule has 8 bridgehead atoms. The van der Waals surface area contributed by atoms with Crippen molar-refractivity contribution in [3.05, 3.63) is 104 Å². The average molecular weight is 841 g/mol. The van der Waals surface area contributed by atoms with Gasteiger partial charge >= 0.3 is 17.9 Å². The maximum atomic E-state index is 13.8. The minimum absolute atomic E-state index is 0.125. The minimum atomic E-state index is -0.795. The summed E-state index contributed by atoms with van der Waals surface area (Å²) in [5.74, 6) is -0.0854. The van der Waals surface area contributed by atoms with Gasteiger partial charge in [-0.3, -0.25) is 9.79 Å². The molecule has 0 aromatic heterocycles. The standard InChI is InChI=1S/C53H68N4O5/c1-12-38-34(8)41-27-43-36(10)40(23-24-47(58)61-26-25-33(7)22-16-21-32(6)20-15-19-31(5)18-14-17-30(3)4)50(56-43)49-51-48(52(59)62-53(49)60)37(11)44(57-51)29-46-39(13-2)35(9)42(55-46)28-45(38)54-41/h12,25,27-32,36,40H,1,13-24,26H2,2-11H3/t31-,32-,36+,40+/m1/s1. The quantitative estimate of drug-likeness (QED) is 0.0729. The van der Waals surface area contributed by atoms with E-state index in [-0.39, 0.29) is 47.7 Å². The fraction of sp³-hybridized carbons (Fsp3) is 0.528. The molecule has 0 radical (unpaired) electrons. The van der Waals surface area contributed by atoms with Gasteiger partial charge in [0.25, 0.3) is 0 Å². The molecule has 9 nitrogen and oxygen atoms in total. The third-order valence-corrected chi connectivity index (χ3v) is 13.5. The fourth-order valence-electron chi connectivity index (χ4n) is 9.48. The van der Waals surface area contributed by atoms with Gasteiger partial charge in [0.05, 0.1) is 45.5 Å². The first kappa shape index (κ1) is 46.5. The second-order valence-corrected chi connectivity index (χ2v) is 18.7. The number of carbonyl (C=O) groups excluding carboxylic acids is 3. The van der Waals surface area contributed by atoms with Crippen LogP contribution in [-0.2, 0) is 23.9 Å². The number of hydrogen-bond donors (Lipinski definition) is 0. The number of rotatable bonds is 19. The van der Waals surface area contributed by atoms with Crippen molar-refractivity contribution in [2.24, 2.45) is 49.6 Å². The van der Waals surface area contributed by atoms with Gasteiger partial charge in [-0.05, 0) is 118 Å². The number of aliphatic imine (C=N–C) groups is 4. The van der Waals surface area contributed by atoms with Crippen molar-refractivity contribution in [2.45, 2.75) is 146 Å². The number of ether oxygens (including phenoxy) is 2. The van der Waals surface area contributed by atoms with E-state index >= 15 is 0 Å².